The normalized spacial score (nSPS) is 13.3. The molecule has 0 saturated heterocycles. The van der Waals surface area contributed by atoms with Gasteiger partial charge in [-0.2, -0.15) is 0 Å². The zero-order valence-corrected chi connectivity index (χ0v) is 11.6. The summed E-state index contributed by atoms with van der Waals surface area (Å²) in [4.78, 5) is 0. The minimum atomic E-state index is 0.395. The number of halogens is 3. The van der Waals surface area contributed by atoms with Gasteiger partial charge in [0, 0.05) is 11.6 Å². The summed E-state index contributed by atoms with van der Waals surface area (Å²) in [6, 6.07) is 9.68. The van der Waals surface area contributed by atoms with Crippen LogP contribution in [0.5, 0.6) is 11.5 Å². The summed E-state index contributed by atoms with van der Waals surface area (Å²) in [7, 11) is 0. The molecule has 2 aromatic carbocycles. The van der Waals surface area contributed by atoms with Gasteiger partial charge in [-0.1, -0.05) is 53.0 Å². The molecule has 1 heterocycles. The van der Waals surface area contributed by atoms with Crippen LogP contribution in [0.4, 0.5) is 0 Å². The van der Waals surface area contributed by atoms with Crippen LogP contribution in [0.1, 0.15) is 11.1 Å². The molecular weight excluding hydrogens is 291 g/mol. The van der Waals surface area contributed by atoms with E-state index in [0.717, 1.165) is 29.7 Å². The van der Waals surface area contributed by atoms with Gasteiger partial charge in [-0.3, -0.25) is 0 Å². The second-order valence-electron chi connectivity index (χ2n) is 4.17. The Balaban J connectivity index is 2.16. The Morgan fingerprint density at radius 1 is 0.889 bits per heavy atom. The minimum absolute atomic E-state index is 0.395. The van der Waals surface area contributed by atoms with E-state index >= 15 is 0 Å². The van der Waals surface area contributed by atoms with Crippen LogP contribution < -0.4 is 4.74 Å². The summed E-state index contributed by atoms with van der Waals surface area (Å²) in [6.45, 7) is 0. The van der Waals surface area contributed by atoms with Crippen molar-refractivity contribution in [1.82, 2.24) is 0 Å². The van der Waals surface area contributed by atoms with Gasteiger partial charge in [-0.15, -0.1) is 0 Å². The van der Waals surface area contributed by atoms with Crippen molar-refractivity contribution in [2.45, 2.75) is 12.8 Å². The molecule has 18 heavy (non-hydrogen) atoms. The number of para-hydroxylation sites is 1. The SMILES string of the molecule is Clc1cc2c(c(Cl)c1Cl)CCc1ccccc1O2. The summed E-state index contributed by atoms with van der Waals surface area (Å²) in [6.07, 6.45) is 1.67. The van der Waals surface area contributed by atoms with Gasteiger partial charge in [0.1, 0.15) is 11.5 Å². The Labute approximate surface area is 120 Å². The number of benzene rings is 2. The average Bonchev–Trinajstić information content (AvgIpc) is 2.55. The lowest BCUT2D eigenvalue weighted by molar-refractivity contribution is 0.479. The van der Waals surface area contributed by atoms with Gasteiger partial charge in [0.15, 0.2) is 0 Å². The van der Waals surface area contributed by atoms with Crippen LogP contribution in [0.3, 0.4) is 0 Å². The molecule has 1 aliphatic rings. The molecule has 0 aromatic heterocycles. The van der Waals surface area contributed by atoms with Crippen molar-refractivity contribution in [3.05, 3.63) is 56.5 Å². The van der Waals surface area contributed by atoms with E-state index in [0.29, 0.717) is 20.8 Å². The summed E-state index contributed by atoms with van der Waals surface area (Å²) < 4.78 is 5.89. The Bertz CT molecular complexity index is 623. The average molecular weight is 300 g/mol. The van der Waals surface area contributed by atoms with Crippen molar-refractivity contribution in [2.75, 3.05) is 0 Å². The van der Waals surface area contributed by atoms with Crippen LogP contribution >= 0.6 is 34.8 Å². The predicted octanol–water partition coefficient (Wildman–Crippen LogP) is 5.54. The smallest absolute Gasteiger partial charge is 0.133 e. The largest absolute Gasteiger partial charge is 0.457 e. The van der Waals surface area contributed by atoms with E-state index in [9.17, 15) is 0 Å². The van der Waals surface area contributed by atoms with Gasteiger partial charge in [0.2, 0.25) is 0 Å². The molecule has 1 nitrogen and oxygen atoms in total. The molecule has 0 amide bonds. The number of aryl methyl sites for hydroxylation is 1. The minimum Gasteiger partial charge on any atom is -0.457 e. The first kappa shape index (κ1) is 12.2. The molecule has 4 heteroatoms. The van der Waals surface area contributed by atoms with E-state index in [4.69, 9.17) is 39.5 Å². The van der Waals surface area contributed by atoms with Gasteiger partial charge >= 0.3 is 0 Å². The monoisotopic (exact) mass is 298 g/mol. The number of hydrogen-bond donors (Lipinski definition) is 0. The third-order valence-electron chi connectivity index (χ3n) is 3.06. The van der Waals surface area contributed by atoms with E-state index < -0.39 is 0 Å². The first-order valence-electron chi connectivity index (χ1n) is 5.59. The van der Waals surface area contributed by atoms with Crippen LogP contribution in [0, 0.1) is 0 Å². The zero-order valence-electron chi connectivity index (χ0n) is 9.34. The van der Waals surface area contributed by atoms with Crippen molar-refractivity contribution in [2.24, 2.45) is 0 Å². The molecule has 3 rings (SSSR count). The van der Waals surface area contributed by atoms with Crippen LogP contribution in [0.25, 0.3) is 0 Å². The molecule has 0 atom stereocenters. The summed E-state index contributed by atoms with van der Waals surface area (Å²) >= 11 is 18.3. The van der Waals surface area contributed by atoms with Crippen molar-refractivity contribution in [3.8, 4) is 11.5 Å². The first-order chi connectivity index (χ1) is 8.66. The highest BCUT2D eigenvalue weighted by Crippen LogP contribution is 2.43. The molecule has 0 fully saturated rings. The molecule has 0 bridgehead atoms. The van der Waals surface area contributed by atoms with Gasteiger partial charge in [-0.05, 0) is 24.5 Å². The standard InChI is InChI=1S/C14H9Cl3O/c15-10-7-12-9(13(16)14(10)17)6-5-8-3-1-2-4-11(8)18-12/h1-4,7H,5-6H2. The molecule has 92 valence electrons. The molecular formula is C14H9Cl3O. The first-order valence-corrected chi connectivity index (χ1v) is 6.72. The Morgan fingerprint density at radius 3 is 2.50 bits per heavy atom. The molecule has 0 aliphatic carbocycles. The second kappa shape index (κ2) is 4.65. The molecule has 0 spiro atoms. The van der Waals surface area contributed by atoms with Crippen molar-refractivity contribution in [1.29, 1.82) is 0 Å². The Morgan fingerprint density at radius 2 is 1.67 bits per heavy atom. The number of ether oxygens (including phenoxy) is 1. The molecule has 0 saturated carbocycles. The van der Waals surface area contributed by atoms with Crippen molar-refractivity contribution in [3.63, 3.8) is 0 Å². The molecule has 0 N–H and O–H groups in total. The van der Waals surface area contributed by atoms with Gasteiger partial charge in [0.25, 0.3) is 0 Å². The highest BCUT2D eigenvalue weighted by atomic mass is 35.5. The Kier molecular flexibility index (Phi) is 3.14. The summed E-state index contributed by atoms with van der Waals surface area (Å²) in [5, 5.41) is 1.30. The molecule has 2 aromatic rings. The van der Waals surface area contributed by atoms with Gasteiger partial charge in [-0.25, -0.2) is 0 Å². The van der Waals surface area contributed by atoms with Crippen molar-refractivity contribution >= 4 is 34.8 Å². The topological polar surface area (TPSA) is 9.23 Å². The lowest BCUT2D eigenvalue weighted by Gasteiger charge is -2.11. The molecule has 1 aliphatic heterocycles. The number of rotatable bonds is 0. The van der Waals surface area contributed by atoms with E-state index in [1.54, 1.807) is 6.07 Å². The fraction of sp³-hybridized carbons (Fsp3) is 0.143. The van der Waals surface area contributed by atoms with Gasteiger partial charge < -0.3 is 4.74 Å². The maximum absolute atomic E-state index is 6.24. The van der Waals surface area contributed by atoms with E-state index in [1.807, 2.05) is 18.2 Å². The van der Waals surface area contributed by atoms with Crippen molar-refractivity contribution < 1.29 is 4.74 Å². The highest BCUT2D eigenvalue weighted by Gasteiger charge is 2.20. The van der Waals surface area contributed by atoms with Crippen LogP contribution in [-0.2, 0) is 12.8 Å². The predicted molar refractivity (Wildman–Crippen MR) is 75.4 cm³/mol. The van der Waals surface area contributed by atoms with Crippen LogP contribution in [0.15, 0.2) is 30.3 Å². The van der Waals surface area contributed by atoms with Crippen LogP contribution in [0.2, 0.25) is 15.1 Å². The van der Waals surface area contributed by atoms with Crippen LogP contribution in [-0.4, -0.2) is 0 Å². The second-order valence-corrected chi connectivity index (χ2v) is 5.34. The summed E-state index contributed by atoms with van der Waals surface area (Å²) in [5.74, 6) is 1.55. The van der Waals surface area contributed by atoms with Gasteiger partial charge in [0.05, 0.1) is 15.1 Å². The maximum Gasteiger partial charge on any atom is 0.133 e. The number of fused-ring (bicyclic) bond motifs is 2. The Hall–Kier alpha value is -0.890. The fourth-order valence-electron chi connectivity index (χ4n) is 2.12. The fourth-order valence-corrected chi connectivity index (χ4v) is 2.82. The zero-order chi connectivity index (χ0) is 12.7. The quantitative estimate of drug-likeness (QED) is 0.580. The molecule has 0 unspecified atom stereocenters. The highest BCUT2D eigenvalue weighted by molar-refractivity contribution is 6.48. The number of hydrogen-bond acceptors (Lipinski definition) is 1. The lowest BCUT2D eigenvalue weighted by atomic mass is 10.0. The van der Waals surface area contributed by atoms with E-state index in [1.165, 1.54) is 0 Å². The third-order valence-corrected chi connectivity index (χ3v) is 4.36. The maximum atomic E-state index is 6.24. The summed E-state index contributed by atoms with van der Waals surface area (Å²) in [5.41, 5.74) is 2.08. The third kappa shape index (κ3) is 1.97. The lowest BCUT2D eigenvalue weighted by Crippen LogP contribution is -1.91. The van der Waals surface area contributed by atoms with E-state index in [-0.39, 0.29) is 0 Å². The van der Waals surface area contributed by atoms with E-state index in [2.05, 4.69) is 6.07 Å². The molecule has 0 radical (unpaired) electrons.